The van der Waals surface area contributed by atoms with E-state index in [4.69, 9.17) is 4.42 Å². The van der Waals surface area contributed by atoms with Crippen molar-refractivity contribution in [2.45, 2.75) is 13.8 Å². The number of hydrogen-bond acceptors (Lipinski definition) is 2. The standard InChI is InChI=1S/C7H9NO/c1-3-6-7(4-2)9-5-8-6/h3-5H,1-2H3/b6-3+,7-4+. The van der Waals surface area contributed by atoms with E-state index in [0.29, 0.717) is 0 Å². The van der Waals surface area contributed by atoms with Crippen LogP contribution in [0.1, 0.15) is 13.8 Å². The first kappa shape index (κ1) is 6.08. The molecule has 0 unspecified atom stereocenters. The molecule has 1 heterocycles. The highest BCUT2D eigenvalue weighted by Gasteiger charge is 1.82. The molecular formula is C7H9NO. The van der Waals surface area contributed by atoms with E-state index in [1.165, 1.54) is 6.39 Å². The molecule has 0 spiro atoms. The van der Waals surface area contributed by atoms with Gasteiger partial charge < -0.3 is 4.42 Å². The van der Waals surface area contributed by atoms with Gasteiger partial charge in [-0.25, -0.2) is 4.98 Å². The fourth-order valence-electron chi connectivity index (χ4n) is 0.697. The normalized spacial score (nSPS) is 14.9. The van der Waals surface area contributed by atoms with Crippen molar-refractivity contribution in [2.24, 2.45) is 0 Å². The van der Waals surface area contributed by atoms with E-state index < -0.39 is 0 Å². The maximum absolute atomic E-state index is 5.01. The van der Waals surface area contributed by atoms with Gasteiger partial charge in [-0.05, 0) is 19.9 Å². The highest BCUT2D eigenvalue weighted by Crippen LogP contribution is 1.63. The number of hydrogen-bond donors (Lipinski definition) is 0. The highest BCUT2D eigenvalue weighted by atomic mass is 16.3. The molecule has 2 nitrogen and oxygen atoms in total. The summed E-state index contributed by atoms with van der Waals surface area (Å²) in [5.74, 6) is 0. The van der Waals surface area contributed by atoms with Crippen molar-refractivity contribution < 1.29 is 4.42 Å². The van der Waals surface area contributed by atoms with Crippen LogP contribution in [0, 0.1) is 0 Å². The summed E-state index contributed by atoms with van der Waals surface area (Å²) >= 11 is 0. The highest BCUT2D eigenvalue weighted by molar-refractivity contribution is 5.19. The third kappa shape index (κ3) is 1.02. The summed E-state index contributed by atoms with van der Waals surface area (Å²) in [6, 6.07) is 0. The van der Waals surface area contributed by atoms with Crippen molar-refractivity contribution in [1.29, 1.82) is 0 Å². The van der Waals surface area contributed by atoms with Crippen LogP contribution in [-0.4, -0.2) is 4.98 Å². The van der Waals surface area contributed by atoms with Crippen molar-refractivity contribution in [3.63, 3.8) is 0 Å². The van der Waals surface area contributed by atoms with Crippen LogP contribution in [0.25, 0.3) is 12.2 Å². The second kappa shape index (κ2) is 2.49. The van der Waals surface area contributed by atoms with E-state index >= 15 is 0 Å². The summed E-state index contributed by atoms with van der Waals surface area (Å²) in [4.78, 5) is 3.95. The van der Waals surface area contributed by atoms with Gasteiger partial charge in [0.2, 0.25) is 0 Å². The van der Waals surface area contributed by atoms with E-state index in [2.05, 4.69) is 4.98 Å². The van der Waals surface area contributed by atoms with E-state index in [1.54, 1.807) is 0 Å². The molecule has 9 heavy (non-hydrogen) atoms. The Morgan fingerprint density at radius 3 is 2.67 bits per heavy atom. The minimum Gasteiger partial charge on any atom is -0.444 e. The second-order valence-electron chi connectivity index (χ2n) is 1.68. The first-order chi connectivity index (χ1) is 4.38. The molecular weight excluding hydrogens is 114 g/mol. The smallest absolute Gasteiger partial charge is 0.181 e. The Labute approximate surface area is 53.5 Å². The predicted octanol–water partition coefficient (Wildman–Crippen LogP) is 0.275. The van der Waals surface area contributed by atoms with Gasteiger partial charge in [0.1, 0.15) is 10.8 Å². The lowest BCUT2D eigenvalue weighted by Gasteiger charge is -1.68. The van der Waals surface area contributed by atoms with Crippen molar-refractivity contribution in [3.8, 4) is 0 Å². The van der Waals surface area contributed by atoms with Crippen LogP contribution in [0.5, 0.6) is 0 Å². The molecule has 0 amide bonds. The van der Waals surface area contributed by atoms with Gasteiger partial charge in [0.15, 0.2) is 6.39 Å². The van der Waals surface area contributed by atoms with E-state index in [1.807, 2.05) is 26.0 Å². The number of aromatic nitrogens is 1. The van der Waals surface area contributed by atoms with Crippen LogP contribution >= 0.6 is 0 Å². The average molecular weight is 123 g/mol. The molecule has 0 radical (unpaired) electrons. The molecule has 0 aliphatic rings. The molecule has 1 aromatic heterocycles. The monoisotopic (exact) mass is 123 g/mol. The molecule has 0 aliphatic carbocycles. The molecule has 0 atom stereocenters. The quantitative estimate of drug-likeness (QED) is 0.495. The SMILES string of the molecule is C/C=c1/nco/c1=C/C. The fraction of sp³-hybridized carbons (Fsp3) is 0.286. The molecule has 0 saturated carbocycles. The third-order valence-corrected chi connectivity index (χ3v) is 1.16. The van der Waals surface area contributed by atoms with Crippen molar-refractivity contribution in [1.82, 2.24) is 4.98 Å². The van der Waals surface area contributed by atoms with Crippen molar-refractivity contribution >= 4 is 12.2 Å². The molecule has 0 bridgehead atoms. The van der Waals surface area contributed by atoms with Gasteiger partial charge in [0.05, 0.1) is 0 Å². The van der Waals surface area contributed by atoms with E-state index in [9.17, 15) is 0 Å². The predicted molar refractivity (Wildman–Crippen MR) is 36.0 cm³/mol. The Morgan fingerprint density at radius 1 is 1.44 bits per heavy atom. The van der Waals surface area contributed by atoms with Crippen LogP contribution in [0.3, 0.4) is 0 Å². The fourth-order valence-corrected chi connectivity index (χ4v) is 0.697. The maximum Gasteiger partial charge on any atom is 0.181 e. The lowest BCUT2D eigenvalue weighted by atomic mass is 10.5. The summed E-state index contributed by atoms with van der Waals surface area (Å²) in [7, 11) is 0. The Hall–Kier alpha value is -1.05. The summed E-state index contributed by atoms with van der Waals surface area (Å²) < 4.78 is 5.01. The Morgan fingerprint density at radius 2 is 2.22 bits per heavy atom. The number of rotatable bonds is 0. The van der Waals surface area contributed by atoms with Crippen LogP contribution in [0.2, 0.25) is 0 Å². The van der Waals surface area contributed by atoms with Crippen LogP contribution in [0.4, 0.5) is 0 Å². The van der Waals surface area contributed by atoms with Gasteiger partial charge in [-0.2, -0.15) is 0 Å². The van der Waals surface area contributed by atoms with Crippen LogP contribution in [0.15, 0.2) is 10.8 Å². The summed E-state index contributed by atoms with van der Waals surface area (Å²) in [5.41, 5.74) is 0.845. The lowest BCUT2D eigenvalue weighted by molar-refractivity contribution is 0.524. The van der Waals surface area contributed by atoms with E-state index in [-0.39, 0.29) is 0 Å². The van der Waals surface area contributed by atoms with Crippen molar-refractivity contribution in [2.75, 3.05) is 0 Å². The first-order valence-corrected chi connectivity index (χ1v) is 2.90. The largest absolute Gasteiger partial charge is 0.444 e. The van der Waals surface area contributed by atoms with Crippen LogP contribution < -0.4 is 10.8 Å². The Bertz CT molecular complexity index is 256. The maximum atomic E-state index is 5.01. The molecule has 0 aromatic carbocycles. The number of nitrogens with zero attached hydrogens (tertiary/aromatic N) is 1. The summed E-state index contributed by atoms with van der Waals surface area (Å²) in [5, 5.41) is 0.914. The molecule has 1 aromatic rings. The summed E-state index contributed by atoms with van der Waals surface area (Å²) in [6.45, 7) is 3.86. The zero-order chi connectivity index (χ0) is 6.69. The van der Waals surface area contributed by atoms with Gasteiger partial charge in [-0.3, -0.25) is 0 Å². The van der Waals surface area contributed by atoms with Gasteiger partial charge in [-0.15, -0.1) is 0 Å². The molecule has 0 saturated heterocycles. The van der Waals surface area contributed by atoms with Gasteiger partial charge >= 0.3 is 0 Å². The average Bonchev–Trinajstić information content (AvgIpc) is 2.33. The Kier molecular flexibility index (Phi) is 1.68. The molecule has 2 heteroatoms. The number of oxazole rings is 1. The molecule has 48 valence electrons. The van der Waals surface area contributed by atoms with Crippen LogP contribution in [-0.2, 0) is 0 Å². The molecule has 1 rings (SSSR count). The third-order valence-electron chi connectivity index (χ3n) is 1.16. The minimum absolute atomic E-state index is 0.845. The first-order valence-electron chi connectivity index (χ1n) is 2.90. The lowest BCUT2D eigenvalue weighted by Crippen LogP contribution is -2.20. The molecule has 0 fully saturated rings. The summed E-state index contributed by atoms with van der Waals surface area (Å²) in [6.07, 6.45) is 5.26. The molecule has 0 aliphatic heterocycles. The van der Waals surface area contributed by atoms with Gasteiger partial charge in [0, 0.05) is 0 Å². The minimum atomic E-state index is 0.845. The Balaban J connectivity index is 3.50. The topological polar surface area (TPSA) is 26.0 Å². The van der Waals surface area contributed by atoms with Gasteiger partial charge in [-0.1, -0.05) is 6.08 Å². The molecule has 0 N–H and O–H groups in total. The second-order valence-corrected chi connectivity index (χ2v) is 1.68. The van der Waals surface area contributed by atoms with E-state index in [0.717, 1.165) is 10.8 Å². The zero-order valence-electron chi connectivity index (χ0n) is 5.59. The zero-order valence-corrected chi connectivity index (χ0v) is 5.59. The van der Waals surface area contributed by atoms with Gasteiger partial charge in [0.25, 0.3) is 0 Å². The van der Waals surface area contributed by atoms with Crippen molar-refractivity contribution in [3.05, 3.63) is 17.2 Å².